The zero-order valence-electron chi connectivity index (χ0n) is 12.6. The van der Waals surface area contributed by atoms with Gasteiger partial charge in [-0.05, 0) is 60.4 Å². The van der Waals surface area contributed by atoms with Crippen molar-refractivity contribution in [2.45, 2.75) is 39.5 Å². The quantitative estimate of drug-likeness (QED) is 0.802. The van der Waals surface area contributed by atoms with Gasteiger partial charge in [-0.3, -0.25) is 0 Å². The van der Waals surface area contributed by atoms with E-state index >= 15 is 0 Å². The number of ether oxygens (including phenoxy) is 1. The van der Waals surface area contributed by atoms with Crippen LogP contribution in [0.1, 0.15) is 37.8 Å². The molecule has 3 heteroatoms. The first-order valence-electron chi connectivity index (χ1n) is 7.45. The third-order valence-corrected chi connectivity index (χ3v) is 3.35. The molecule has 0 amide bonds. The van der Waals surface area contributed by atoms with Gasteiger partial charge in [-0.15, -0.1) is 0 Å². The Hall–Kier alpha value is -2.16. The largest absolute Gasteiger partial charge is 0.508 e. The molecule has 112 valence electrons. The van der Waals surface area contributed by atoms with Crippen LogP contribution in [-0.2, 0) is 12.8 Å². The zero-order chi connectivity index (χ0) is 15.2. The minimum atomic E-state index is 0.255. The van der Waals surface area contributed by atoms with Gasteiger partial charge in [0.25, 0.3) is 0 Å². The maximum Gasteiger partial charge on any atom is 0.130 e. The molecule has 0 unspecified atom stereocenters. The van der Waals surface area contributed by atoms with Crippen molar-refractivity contribution in [2.75, 3.05) is 0 Å². The summed E-state index contributed by atoms with van der Waals surface area (Å²) in [5, 5.41) is 19.2. The minimum absolute atomic E-state index is 0.255. The van der Waals surface area contributed by atoms with Crippen LogP contribution in [0.4, 0.5) is 0 Å². The van der Waals surface area contributed by atoms with Crippen LogP contribution < -0.4 is 4.74 Å². The van der Waals surface area contributed by atoms with E-state index in [1.807, 2.05) is 0 Å². The van der Waals surface area contributed by atoms with Crippen LogP contribution in [0.2, 0.25) is 0 Å². The first-order chi connectivity index (χ1) is 10.1. The van der Waals surface area contributed by atoms with Gasteiger partial charge in [0.1, 0.15) is 23.0 Å². The molecule has 3 nitrogen and oxygen atoms in total. The lowest BCUT2D eigenvalue weighted by atomic mass is 10.1. The van der Waals surface area contributed by atoms with E-state index < -0.39 is 0 Å². The molecule has 2 rings (SSSR count). The maximum atomic E-state index is 9.62. The number of aromatic hydroxyl groups is 2. The van der Waals surface area contributed by atoms with Crippen molar-refractivity contribution in [3.8, 4) is 23.0 Å². The van der Waals surface area contributed by atoms with Crippen molar-refractivity contribution in [2.24, 2.45) is 0 Å². The lowest BCUT2D eigenvalue weighted by molar-refractivity contribution is 0.450. The predicted octanol–water partition coefficient (Wildman–Crippen LogP) is 4.80. The SMILES string of the molecule is CCCc1cc(O)ccc1Oc1ccc(O)cc1CCC. The zero-order valence-corrected chi connectivity index (χ0v) is 12.6. The molecular weight excluding hydrogens is 264 g/mol. The fourth-order valence-corrected chi connectivity index (χ4v) is 2.38. The molecule has 0 aromatic heterocycles. The van der Waals surface area contributed by atoms with Crippen molar-refractivity contribution in [1.82, 2.24) is 0 Å². The van der Waals surface area contributed by atoms with E-state index in [0.29, 0.717) is 0 Å². The van der Waals surface area contributed by atoms with Gasteiger partial charge in [0.2, 0.25) is 0 Å². The first kappa shape index (κ1) is 15.2. The van der Waals surface area contributed by atoms with E-state index in [4.69, 9.17) is 4.74 Å². The Bertz CT molecular complexity index is 552. The molecule has 0 aliphatic carbocycles. The number of hydrogen-bond acceptors (Lipinski definition) is 3. The second kappa shape index (κ2) is 7.02. The highest BCUT2D eigenvalue weighted by Gasteiger charge is 2.10. The van der Waals surface area contributed by atoms with Crippen LogP contribution >= 0.6 is 0 Å². The van der Waals surface area contributed by atoms with E-state index in [-0.39, 0.29) is 11.5 Å². The van der Waals surface area contributed by atoms with Gasteiger partial charge >= 0.3 is 0 Å². The monoisotopic (exact) mass is 286 g/mol. The first-order valence-corrected chi connectivity index (χ1v) is 7.45. The van der Waals surface area contributed by atoms with Crippen LogP contribution in [0.5, 0.6) is 23.0 Å². The van der Waals surface area contributed by atoms with E-state index in [2.05, 4.69) is 13.8 Å². The molecule has 2 aromatic rings. The highest BCUT2D eigenvalue weighted by atomic mass is 16.5. The average molecular weight is 286 g/mol. The highest BCUT2D eigenvalue weighted by Crippen LogP contribution is 2.33. The lowest BCUT2D eigenvalue weighted by Crippen LogP contribution is -1.95. The molecular formula is C18H22O3. The van der Waals surface area contributed by atoms with Gasteiger partial charge in [-0.1, -0.05) is 26.7 Å². The van der Waals surface area contributed by atoms with Crippen molar-refractivity contribution in [1.29, 1.82) is 0 Å². The molecule has 0 bridgehead atoms. The fourth-order valence-electron chi connectivity index (χ4n) is 2.38. The molecule has 0 aliphatic heterocycles. The van der Waals surface area contributed by atoms with Crippen molar-refractivity contribution >= 4 is 0 Å². The molecule has 0 spiro atoms. The maximum absolute atomic E-state index is 9.62. The molecule has 0 fully saturated rings. The highest BCUT2D eigenvalue weighted by molar-refractivity contribution is 5.46. The summed E-state index contributed by atoms with van der Waals surface area (Å²) in [5.74, 6) is 2.03. The van der Waals surface area contributed by atoms with Crippen molar-refractivity contribution in [3.05, 3.63) is 47.5 Å². The van der Waals surface area contributed by atoms with E-state index in [1.165, 1.54) is 0 Å². The third kappa shape index (κ3) is 3.91. The summed E-state index contributed by atoms with van der Waals surface area (Å²) in [6, 6.07) is 10.4. The summed E-state index contributed by atoms with van der Waals surface area (Å²) in [7, 11) is 0. The summed E-state index contributed by atoms with van der Waals surface area (Å²) in [6.07, 6.45) is 3.67. The Morgan fingerprint density at radius 1 is 0.762 bits per heavy atom. The molecule has 2 N–H and O–H groups in total. The van der Waals surface area contributed by atoms with Crippen molar-refractivity contribution in [3.63, 3.8) is 0 Å². The third-order valence-electron chi connectivity index (χ3n) is 3.35. The fraction of sp³-hybridized carbons (Fsp3) is 0.333. The standard InChI is InChI=1S/C18H22O3/c1-3-5-13-11-15(19)7-9-17(13)21-18-10-8-16(20)12-14(18)6-4-2/h7-12,19-20H,3-6H2,1-2H3. The Labute approximate surface area is 125 Å². The summed E-state index contributed by atoms with van der Waals surface area (Å²) >= 11 is 0. The van der Waals surface area contributed by atoms with E-state index in [0.717, 1.165) is 48.3 Å². The summed E-state index contributed by atoms with van der Waals surface area (Å²) in [6.45, 7) is 4.19. The Balaban J connectivity index is 2.33. The lowest BCUT2D eigenvalue weighted by Gasteiger charge is -2.14. The molecule has 0 radical (unpaired) electrons. The van der Waals surface area contributed by atoms with Gasteiger partial charge in [0.15, 0.2) is 0 Å². The molecule has 2 aromatic carbocycles. The normalized spacial score (nSPS) is 10.6. The molecule has 0 aliphatic rings. The molecule has 0 heterocycles. The van der Waals surface area contributed by atoms with Gasteiger partial charge in [-0.2, -0.15) is 0 Å². The number of rotatable bonds is 6. The number of phenolic OH excluding ortho intramolecular Hbond substituents is 2. The Morgan fingerprint density at radius 3 is 1.57 bits per heavy atom. The topological polar surface area (TPSA) is 49.7 Å². The minimum Gasteiger partial charge on any atom is -0.508 e. The molecule has 0 saturated heterocycles. The van der Waals surface area contributed by atoms with Gasteiger partial charge in [0.05, 0.1) is 0 Å². The predicted molar refractivity (Wildman–Crippen MR) is 84.3 cm³/mol. The van der Waals surface area contributed by atoms with Crippen molar-refractivity contribution < 1.29 is 14.9 Å². The number of aryl methyl sites for hydroxylation is 2. The Kier molecular flexibility index (Phi) is 5.09. The molecule has 0 atom stereocenters. The average Bonchev–Trinajstić information content (AvgIpc) is 2.45. The summed E-state index contributed by atoms with van der Waals surface area (Å²) < 4.78 is 6.03. The van der Waals surface area contributed by atoms with Gasteiger partial charge < -0.3 is 14.9 Å². The van der Waals surface area contributed by atoms with E-state index in [9.17, 15) is 10.2 Å². The van der Waals surface area contributed by atoms with E-state index in [1.54, 1.807) is 36.4 Å². The second-order valence-corrected chi connectivity index (χ2v) is 5.19. The molecule has 21 heavy (non-hydrogen) atoms. The molecule has 0 saturated carbocycles. The summed E-state index contributed by atoms with van der Waals surface area (Å²) in [5.41, 5.74) is 1.99. The van der Waals surface area contributed by atoms with Crippen LogP contribution in [-0.4, -0.2) is 10.2 Å². The summed E-state index contributed by atoms with van der Waals surface area (Å²) in [4.78, 5) is 0. The van der Waals surface area contributed by atoms with Crippen LogP contribution in [0, 0.1) is 0 Å². The smallest absolute Gasteiger partial charge is 0.130 e. The number of hydrogen-bond donors (Lipinski definition) is 2. The van der Waals surface area contributed by atoms with Gasteiger partial charge in [0, 0.05) is 0 Å². The number of phenols is 2. The Morgan fingerprint density at radius 2 is 1.19 bits per heavy atom. The van der Waals surface area contributed by atoms with Crippen LogP contribution in [0.25, 0.3) is 0 Å². The number of benzene rings is 2. The van der Waals surface area contributed by atoms with Crippen LogP contribution in [0.15, 0.2) is 36.4 Å². The van der Waals surface area contributed by atoms with Gasteiger partial charge in [-0.25, -0.2) is 0 Å². The van der Waals surface area contributed by atoms with Crippen LogP contribution in [0.3, 0.4) is 0 Å². The second-order valence-electron chi connectivity index (χ2n) is 5.19.